The summed E-state index contributed by atoms with van der Waals surface area (Å²) in [6.07, 6.45) is -0.634. The molecule has 0 aliphatic carbocycles. The van der Waals surface area contributed by atoms with Crippen molar-refractivity contribution >= 4 is 21.6 Å². The van der Waals surface area contributed by atoms with Crippen molar-refractivity contribution in [3.8, 4) is 0 Å². The summed E-state index contributed by atoms with van der Waals surface area (Å²) in [6, 6.07) is 9.08. The summed E-state index contributed by atoms with van der Waals surface area (Å²) in [5.74, 6) is -2.47. The number of aliphatic hydroxyl groups excluding tert-OH is 1. The van der Waals surface area contributed by atoms with Crippen LogP contribution in [0.1, 0.15) is 28.4 Å². The Bertz CT molecular complexity index is 948. The standard InChI is InChI=1S/C18H18F2N2O4S/c19-15-7-4-13(10-16(15)20)17(23)11-21-18(24)12-2-5-14(6-3-12)22-8-1-9-27(22,25)26/h2-7,10,17,23H,1,8-9,11H2,(H,21,24). The topological polar surface area (TPSA) is 86.7 Å². The number of aliphatic hydroxyl groups is 1. The van der Waals surface area contributed by atoms with Crippen LogP contribution in [0.5, 0.6) is 0 Å². The van der Waals surface area contributed by atoms with Crippen LogP contribution in [-0.4, -0.2) is 38.3 Å². The molecule has 3 rings (SSSR count). The lowest BCUT2D eigenvalue weighted by Gasteiger charge is -2.17. The number of hydrogen-bond acceptors (Lipinski definition) is 4. The van der Waals surface area contributed by atoms with Gasteiger partial charge in [0.05, 0.1) is 17.5 Å². The molecule has 1 aliphatic rings. The summed E-state index contributed by atoms with van der Waals surface area (Å²) in [7, 11) is -3.29. The number of benzene rings is 2. The van der Waals surface area contributed by atoms with Crippen molar-refractivity contribution in [1.82, 2.24) is 5.32 Å². The van der Waals surface area contributed by atoms with Crippen LogP contribution >= 0.6 is 0 Å². The number of nitrogens with one attached hydrogen (secondary N) is 1. The van der Waals surface area contributed by atoms with Gasteiger partial charge < -0.3 is 10.4 Å². The second-order valence-electron chi connectivity index (χ2n) is 6.19. The van der Waals surface area contributed by atoms with Crippen molar-refractivity contribution in [1.29, 1.82) is 0 Å². The second-order valence-corrected chi connectivity index (χ2v) is 8.20. The van der Waals surface area contributed by atoms with E-state index in [0.29, 0.717) is 18.7 Å². The molecular formula is C18H18F2N2O4S. The van der Waals surface area contributed by atoms with E-state index in [2.05, 4.69) is 5.32 Å². The number of halogens is 2. The Hall–Kier alpha value is -2.52. The molecule has 2 aromatic carbocycles. The second kappa shape index (κ2) is 7.61. The fraction of sp³-hybridized carbons (Fsp3) is 0.278. The molecule has 0 saturated carbocycles. The maximum absolute atomic E-state index is 13.2. The predicted molar refractivity (Wildman–Crippen MR) is 95.8 cm³/mol. The van der Waals surface area contributed by atoms with E-state index in [9.17, 15) is 27.1 Å². The quantitative estimate of drug-likeness (QED) is 0.809. The van der Waals surface area contributed by atoms with Crippen LogP contribution in [0, 0.1) is 11.6 Å². The summed E-state index contributed by atoms with van der Waals surface area (Å²) in [4.78, 5) is 12.2. The van der Waals surface area contributed by atoms with Crippen LogP contribution < -0.4 is 9.62 Å². The van der Waals surface area contributed by atoms with Gasteiger partial charge in [-0.15, -0.1) is 0 Å². The molecule has 0 radical (unpaired) electrons. The highest BCUT2D eigenvalue weighted by molar-refractivity contribution is 7.93. The molecule has 1 atom stereocenters. The van der Waals surface area contributed by atoms with E-state index < -0.39 is 33.7 Å². The molecule has 1 saturated heterocycles. The van der Waals surface area contributed by atoms with Gasteiger partial charge in [-0.05, 0) is 48.4 Å². The number of amides is 1. The Morgan fingerprint density at radius 3 is 2.44 bits per heavy atom. The van der Waals surface area contributed by atoms with Gasteiger partial charge in [0.2, 0.25) is 10.0 Å². The third-order valence-corrected chi connectivity index (χ3v) is 6.17. The molecule has 0 aromatic heterocycles. The lowest BCUT2D eigenvalue weighted by molar-refractivity contribution is 0.0916. The van der Waals surface area contributed by atoms with E-state index in [1.54, 1.807) is 12.1 Å². The van der Waals surface area contributed by atoms with E-state index >= 15 is 0 Å². The SMILES string of the molecule is O=C(NCC(O)c1ccc(F)c(F)c1)c1ccc(N2CCCS2(=O)=O)cc1. The van der Waals surface area contributed by atoms with Crippen LogP contribution in [0.2, 0.25) is 0 Å². The molecule has 0 bridgehead atoms. The number of rotatable bonds is 5. The first-order chi connectivity index (χ1) is 12.8. The molecule has 2 aromatic rings. The molecule has 2 N–H and O–H groups in total. The van der Waals surface area contributed by atoms with Gasteiger partial charge in [0, 0.05) is 18.7 Å². The summed E-state index contributed by atoms with van der Waals surface area (Å²) < 4.78 is 51.2. The zero-order valence-corrected chi connectivity index (χ0v) is 15.0. The fourth-order valence-corrected chi connectivity index (χ4v) is 4.40. The van der Waals surface area contributed by atoms with Gasteiger partial charge in [0.25, 0.3) is 5.91 Å². The zero-order valence-electron chi connectivity index (χ0n) is 14.2. The summed E-state index contributed by atoms with van der Waals surface area (Å²) in [5.41, 5.74) is 0.919. The maximum Gasteiger partial charge on any atom is 0.251 e. The van der Waals surface area contributed by atoms with Gasteiger partial charge >= 0.3 is 0 Å². The molecule has 1 aliphatic heterocycles. The Kier molecular flexibility index (Phi) is 5.43. The van der Waals surface area contributed by atoms with Gasteiger partial charge in [-0.3, -0.25) is 9.10 Å². The van der Waals surface area contributed by atoms with Gasteiger partial charge in [-0.25, -0.2) is 17.2 Å². The van der Waals surface area contributed by atoms with Crippen LogP contribution in [0.15, 0.2) is 42.5 Å². The molecule has 1 fully saturated rings. The van der Waals surface area contributed by atoms with Gasteiger partial charge in [0.15, 0.2) is 11.6 Å². The van der Waals surface area contributed by atoms with Crippen molar-refractivity contribution in [3.63, 3.8) is 0 Å². The molecule has 1 amide bonds. The van der Waals surface area contributed by atoms with Crippen LogP contribution in [0.4, 0.5) is 14.5 Å². The smallest absolute Gasteiger partial charge is 0.251 e. The fourth-order valence-electron chi connectivity index (χ4n) is 2.84. The lowest BCUT2D eigenvalue weighted by Crippen LogP contribution is -2.28. The molecule has 0 spiro atoms. The summed E-state index contributed by atoms with van der Waals surface area (Å²) in [5, 5.41) is 12.5. The first-order valence-electron chi connectivity index (χ1n) is 8.29. The number of nitrogens with zero attached hydrogens (tertiary/aromatic N) is 1. The van der Waals surface area contributed by atoms with Gasteiger partial charge in [-0.1, -0.05) is 6.07 Å². The van der Waals surface area contributed by atoms with Crippen LogP contribution in [0.3, 0.4) is 0 Å². The number of hydrogen-bond donors (Lipinski definition) is 2. The normalized spacial score (nSPS) is 16.9. The third-order valence-electron chi connectivity index (χ3n) is 4.30. The minimum atomic E-state index is -3.29. The Morgan fingerprint density at radius 1 is 1.15 bits per heavy atom. The van der Waals surface area contributed by atoms with Crippen molar-refractivity contribution < 1.29 is 27.1 Å². The predicted octanol–water partition coefficient (Wildman–Crippen LogP) is 1.97. The molecule has 9 heteroatoms. The van der Waals surface area contributed by atoms with Crippen molar-refractivity contribution in [2.24, 2.45) is 0 Å². The monoisotopic (exact) mass is 396 g/mol. The largest absolute Gasteiger partial charge is 0.387 e. The maximum atomic E-state index is 13.2. The van der Waals surface area contributed by atoms with E-state index in [0.717, 1.165) is 12.1 Å². The molecule has 1 heterocycles. The lowest BCUT2D eigenvalue weighted by atomic mass is 10.1. The first kappa shape index (κ1) is 19.2. The molecule has 27 heavy (non-hydrogen) atoms. The number of carbonyl (C=O) groups excluding carboxylic acids is 1. The average molecular weight is 396 g/mol. The van der Waals surface area contributed by atoms with Crippen LogP contribution in [0.25, 0.3) is 0 Å². The van der Waals surface area contributed by atoms with E-state index in [4.69, 9.17) is 0 Å². The van der Waals surface area contributed by atoms with E-state index in [1.165, 1.54) is 22.5 Å². The number of carbonyl (C=O) groups is 1. The Balaban J connectivity index is 1.62. The molecule has 144 valence electrons. The van der Waals surface area contributed by atoms with Gasteiger partial charge in [-0.2, -0.15) is 0 Å². The zero-order chi connectivity index (χ0) is 19.6. The minimum absolute atomic E-state index is 0.108. The van der Waals surface area contributed by atoms with Crippen molar-refractivity contribution in [3.05, 3.63) is 65.2 Å². The summed E-state index contributed by atoms with van der Waals surface area (Å²) in [6.45, 7) is 0.223. The Morgan fingerprint density at radius 2 is 1.85 bits per heavy atom. The Labute approximate surface area is 155 Å². The molecular weight excluding hydrogens is 378 g/mol. The average Bonchev–Trinajstić information content (AvgIpc) is 3.01. The van der Waals surface area contributed by atoms with E-state index in [1.807, 2.05) is 0 Å². The minimum Gasteiger partial charge on any atom is -0.387 e. The third kappa shape index (κ3) is 4.25. The van der Waals surface area contributed by atoms with Crippen LogP contribution in [-0.2, 0) is 10.0 Å². The highest BCUT2D eigenvalue weighted by Gasteiger charge is 2.28. The highest BCUT2D eigenvalue weighted by Crippen LogP contribution is 2.24. The van der Waals surface area contributed by atoms with E-state index in [-0.39, 0.29) is 23.4 Å². The van der Waals surface area contributed by atoms with Gasteiger partial charge in [0.1, 0.15) is 0 Å². The molecule has 6 nitrogen and oxygen atoms in total. The number of sulfonamides is 1. The molecule has 1 unspecified atom stereocenters. The van der Waals surface area contributed by atoms with Crippen molar-refractivity contribution in [2.45, 2.75) is 12.5 Å². The highest BCUT2D eigenvalue weighted by atomic mass is 32.2. The van der Waals surface area contributed by atoms with Crippen molar-refractivity contribution in [2.75, 3.05) is 23.1 Å². The summed E-state index contributed by atoms with van der Waals surface area (Å²) >= 11 is 0. The first-order valence-corrected chi connectivity index (χ1v) is 9.90. The number of anilines is 1.